The molecule has 3 nitrogen and oxygen atoms in total. The third-order valence-electron chi connectivity index (χ3n) is 2.74. The lowest BCUT2D eigenvalue weighted by Crippen LogP contribution is -2.16. The molecule has 0 aromatic heterocycles. The van der Waals surface area contributed by atoms with Crippen molar-refractivity contribution in [2.45, 2.75) is 39.2 Å². The number of benzene rings is 1. The minimum absolute atomic E-state index is 0.101. The molecule has 1 aromatic rings. The maximum absolute atomic E-state index is 10.8. The highest BCUT2D eigenvalue weighted by molar-refractivity contribution is 5.76. The SMILES string of the molecule is C=CCC(CCC)Oc1ccc(C=O)cc1OCC. The van der Waals surface area contributed by atoms with Gasteiger partial charge in [-0.1, -0.05) is 19.4 Å². The van der Waals surface area contributed by atoms with Crippen LogP contribution in [0.3, 0.4) is 0 Å². The van der Waals surface area contributed by atoms with Gasteiger partial charge in [0, 0.05) is 12.0 Å². The summed E-state index contributed by atoms with van der Waals surface area (Å²) in [5, 5.41) is 0. The molecular formula is C16H22O3. The smallest absolute Gasteiger partial charge is 0.161 e. The van der Waals surface area contributed by atoms with Crippen molar-refractivity contribution >= 4 is 6.29 Å². The van der Waals surface area contributed by atoms with Gasteiger partial charge in [-0.15, -0.1) is 6.58 Å². The molecule has 0 saturated carbocycles. The van der Waals surface area contributed by atoms with Crippen molar-refractivity contribution < 1.29 is 14.3 Å². The molecule has 1 unspecified atom stereocenters. The Morgan fingerprint density at radius 3 is 2.68 bits per heavy atom. The van der Waals surface area contributed by atoms with Crippen molar-refractivity contribution in [2.24, 2.45) is 0 Å². The number of hydrogen-bond donors (Lipinski definition) is 0. The first-order chi connectivity index (χ1) is 9.24. The predicted molar refractivity (Wildman–Crippen MR) is 77.1 cm³/mol. The first-order valence-electron chi connectivity index (χ1n) is 6.74. The molecule has 0 aliphatic rings. The molecule has 19 heavy (non-hydrogen) atoms. The van der Waals surface area contributed by atoms with E-state index in [0.29, 0.717) is 23.7 Å². The zero-order chi connectivity index (χ0) is 14.1. The summed E-state index contributed by atoms with van der Waals surface area (Å²) in [6.45, 7) is 8.32. The highest BCUT2D eigenvalue weighted by Crippen LogP contribution is 2.30. The molecule has 0 heterocycles. The highest BCUT2D eigenvalue weighted by atomic mass is 16.5. The summed E-state index contributed by atoms with van der Waals surface area (Å²) in [6, 6.07) is 5.24. The van der Waals surface area contributed by atoms with E-state index in [1.54, 1.807) is 18.2 Å². The standard InChI is InChI=1S/C16H22O3/c1-4-7-14(8-5-2)19-15-10-9-13(12-17)11-16(15)18-6-3/h4,9-12,14H,1,5-8H2,2-3H3. The Morgan fingerprint density at radius 1 is 1.32 bits per heavy atom. The number of aldehydes is 1. The number of rotatable bonds is 9. The van der Waals surface area contributed by atoms with Gasteiger partial charge in [0.1, 0.15) is 12.4 Å². The van der Waals surface area contributed by atoms with Crippen LogP contribution in [0.5, 0.6) is 11.5 Å². The summed E-state index contributed by atoms with van der Waals surface area (Å²) in [6.07, 6.45) is 5.58. The molecule has 0 amide bonds. The van der Waals surface area contributed by atoms with E-state index in [9.17, 15) is 4.79 Å². The maximum atomic E-state index is 10.8. The minimum Gasteiger partial charge on any atom is -0.490 e. The Morgan fingerprint density at radius 2 is 2.11 bits per heavy atom. The van der Waals surface area contributed by atoms with Gasteiger partial charge in [0.15, 0.2) is 11.5 Å². The monoisotopic (exact) mass is 262 g/mol. The number of carbonyl (C=O) groups is 1. The van der Waals surface area contributed by atoms with Crippen LogP contribution >= 0.6 is 0 Å². The van der Waals surface area contributed by atoms with Crippen LogP contribution in [0, 0.1) is 0 Å². The van der Waals surface area contributed by atoms with Crippen molar-refractivity contribution in [3.63, 3.8) is 0 Å². The number of ether oxygens (including phenoxy) is 2. The fourth-order valence-corrected chi connectivity index (χ4v) is 1.88. The van der Waals surface area contributed by atoms with Crippen LogP contribution in [0.15, 0.2) is 30.9 Å². The van der Waals surface area contributed by atoms with Gasteiger partial charge < -0.3 is 9.47 Å². The minimum atomic E-state index is 0.101. The second-order valence-corrected chi connectivity index (χ2v) is 4.31. The van der Waals surface area contributed by atoms with Gasteiger partial charge in [-0.2, -0.15) is 0 Å². The largest absolute Gasteiger partial charge is 0.490 e. The van der Waals surface area contributed by atoms with Gasteiger partial charge >= 0.3 is 0 Å². The molecular weight excluding hydrogens is 240 g/mol. The van der Waals surface area contributed by atoms with Crippen LogP contribution in [0.1, 0.15) is 43.5 Å². The molecule has 0 spiro atoms. The topological polar surface area (TPSA) is 35.5 Å². The van der Waals surface area contributed by atoms with Gasteiger partial charge in [-0.3, -0.25) is 4.79 Å². The Bertz CT molecular complexity index is 412. The first kappa shape index (κ1) is 15.3. The van der Waals surface area contributed by atoms with E-state index in [2.05, 4.69) is 13.5 Å². The van der Waals surface area contributed by atoms with Crippen LogP contribution in [-0.2, 0) is 0 Å². The van der Waals surface area contributed by atoms with Crippen molar-refractivity contribution in [2.75, 3.05) is 6.61 Å². The number of hydrogen-bond acceptors (Lipinski definition) is 3. The molecule has 0 saturated heterocycles. The van der Waals surface area contributed by atoms with E-state index < -0.39 is 0 Å². The van der Waals surface area contributed by atoms with Crippen LogP contribution in [0.2, 0.25) is 0 Å². The Kier molecular flexibility index (Phi) is 6.72. The van der Waals surface area contributed by atoms with Crippen LogP contribution in [0.4, 0.5) is 0 Å². The zero-order valence-electron chi connectivity index (χ0n) is 11.7. The molecule has 1 aromatic carbocycles. The van der Waals surface area contributed by atoms with Crippen molar-refractivity contribution in [3.8, 4) is 11.5 Å². The van der Waals surface area contributed by atoms with E-state index in [1.807, 2.05) is 13.0 Å². The fourth-order valence-electron chi connectivity index (χ4n) is 1.88. The molecule has 1 atom stereocenters. The highest BCUT2D eigenvalue weighted by Gasteiger charge is 2.12. The quantitative estimate of drug-likeness (QED) is 0.498. The lowest BCUT2D eigenvalue weighted by Gasteiger charge is -2.19. The van der Waals surface area contributed by atoms with Gasteiger partial charge in [-0.05, 0) is 31.5 Å². The van der Waals surface area contributed by atoms with Gasteiger partial charge in [0.05, 0.1) is 6.61 Å². The van der Waals surface area contributed by atoms with Gasteiger partial charge in [0.25, 0.3) is 0 Å². The molecule has 1 rings (SSSR count). The van der Waals surface area contributed by atoms with E-state index in [-0.39, 0.29) is 6.10 Å². The van der Waals surface area contributed by atoms with E-state index >= 15 is 0 Å². The second kappa shape index (κ2) is 8.35. The molecule has 0 bridgehead atoms. The summed E-state index contributed by atoms with van der Waals surface area (Å²) in [4.78, 5) is 10.8. The summed E-state index contributed by atoms with van der Waals surface area (Å²) in [7, 11) is 0. The maximum Gasteiger partial charge on any atom is 0.161 e. The van der Waals surface area contributed by atoms with Gasteiger partial charge in [0.2, 0.25) is 0 Å². The Labute approximate surface area is 115 Å². The van der Waals surface area contributed by atoms with E-state index in [0.717, 1.165) is 25.5 Å². The lowest BCUT2D eigenvalue weighted by molar-refractivity contribution is 0.112. The van der Waals surface area contributed by atoms with Crippen LogP contribution in [-0.4, -0.2) is 19.0 Å². The second-order valence-electron chi connectivity index (χ2n) is 4.31. The van der Waals surface area contributed by atoms with E-state index in [4.69, 9.17) is 9.47 Å². The summed E-state index contributed by atoms with van der Waals surface area (Å²) in [5.41, 5.74) is 0.589. The normalized spacial score (nSPS) is 11.7. The molecule has 0 radical (unpaired) electrons. The van der Waals surface area contributed by atoms with Crippen LogP contribution in [0.25, 0.3) is 0 Å². The molecule has 0 N–H and O–H groups in total. The van der Waals surface area contributed by atoms with Crippen LogP contribution < -0.4 is 9.47 Å². The zero-order valence-corrected chi connectivity index (χ0v) is 11.7. The predicted octanol–water partition coefficient (Wildman–Crippen LogP) is 4.02. The Balaban J connectivity index is 2.90. The third-order valence-corrected chi connectivity index (χ3v) is 2.74. The van der Waals surface area contributed by atoms with Crippen molar-refractivity contribution in [3.05, 3.63) is 36.4 Å². The van der Waals surface area contributed by atoms with Gasteiger partial charge in [-0.25, -0.2) is 0 Å². The summed E-state index contributed by atoms with van der Waals surface area (Å²) in [5.74, 6) is 1.31. The average Bonchev–Trinajstić information content (AvgIpc) is 2.41. The summed E-state index contributed by atoms with van der Waals surface area (Å²) < 4.78 is 11.5. The lowest BCUT2D eigenvalue weighted by atomic mass is 10.1. The Hall–Kier alpha value is -1.77. The summed E-state index contributed by atoms with van der Waals surface area (Å²) >= 11 is 0. The number of carbonyl (C=O) groups excluding carboxylic acids is 1. The molecule has 104 valence electrons. The van der Waals surface area contributed by atoms with E-state index in [1.165, 1.54) is 0 Å². The molecule has 3 heteroatoms. The fraction of sp³-hybridized carbons (Fsp3) is 0.438. The molecule has 0 aliphatic heterocycles. The van der Waals surface area contributed by atoms with Crippen molar-refractivity contribution in [1.29, 1.82) is 0 Å². The van der Waals surface area contributed by atoms with Crippen molar-refractivity contribution in [1.82, 2.24) is 0 Å². The molecule has 0 aliphatic carbocycles. The first-order valence-corrected chi connectivity index (χ1v) is 6.74. The average molecular weight is 262 g/mol. The molecule has 0 fully saturated rings. The third kappa shape index (κ3) is 4.78.